The zero-order chi connectivity index (χ0) is 10.3. The Balaban J connectivity index is 1.67. The van der Waals surface area contributed by atoms with E-state index in [0.717, 1.165) is 17.8 Å². The lowest BCUT2D eigenvalue weighted by Gasteiger charge is -2.56. The van der Waals surface area contributed by atoms with Gasteiger partial charge in [0.15, 0.2) is 6.79 Å². The molecule has 4 rings (SSSR count). The molecule has 0 radical (unpaired) electrons. The SMILES string of the molecule is O=COCOC12CC3CC(CC(C3)C1)C2. The molecule has 0 N–H and O–H groups in total. The van der Waals surface area contributed by atoms with Crippen LogP contribution in [0.25, 0.3) is 0 Å². The van der Waals surface area contributed by atoms with Crippen LogP contribution in [0, 0.1) is 17.8 Å². The average molecular weight is 210 g/mol. The maximum absolute atomic E-state index is 10.1. The molecular weight excluding hydrogens is 192 g/mol. The number of hydrogen-bond donors (Lipinski definition) is 0. The minimum atomic E-state index is 0.0672. The fraction of sp³-hybridized carbons (Fsp3) is 0.917. The highest BCUT2D eigenvalue weighted by atomic mass is 16.7. The number of carbonyl (C=O) groups excluding carboxylic acids is 1. The third kappa shape index (κ3) is 1.67. The zero-order valence-electron chi connectivity index (χ0n) is 8.98. The third-order valence-electron chi connectivity index (χ3n) is 4.48. The van der Waals surface area contributed by atoms with Crippen molar-refractivity contribution in [3.8, 4) is 0 Å². The van der Waals surface area contributed by atoms with Crippen LogP contribution in [0.15, 0.2) is 0 Å². The van der Waals surface area contributed by atoms with Crippen molar-refractivity contribution in [3.05, 3.63) is 0 Å². The van der Waals surface area contributed by atoms with Crippen molar-refractivity contribution in [1.29, 1.82) is 0 Å². The van der Waals surface area contributed by atoms with E-state index in [4.69, 9.17) is 4.74 Å². The van der Waals surface area contributed by atoms with E-state index in [9.17, 15) is 4.79 Å². The quantitative estimate of drug-likeness (QED) is 0.405. The lowest BCUT2D eigenvalue weighted by atomic mass is 9.54. The van der Waals surface area contributed by atoms with Crippen LogP contribution in [0.4, 0.5) is 0 Å². The van der Waals surface area contributed by atoms with Gasteiger partial charge in [0.25, 0.3) is 6.47 Å². The summed E-state index contributed by atoms with van der Waals surface area (Å²) in [6.45, 7) is 0.621. The molecule has 4 aliphatic rings. The van der Waals surface area contributed by atoms with Gasteiger partial charge < -0.3 is 9.47 Å². The lowest BCUT2D eigenvalue weighted by Crippen LogP contribution is -2.52. The molecule has 0 amide bonds. The van der Waals surface area contributed by atoms with E-state index in [2.05, 4.69) is 4.74 Å². The van der Waals surface area contributed by atoms with Gasteiger partial charge in [0.2, 0.25) is 0 Å². The second-order valence-electron chi connectivity index (χ2n) is 5.63. The maximum Gasteiger partial charge on any atom is 0.295 e. The lowest BCUT2D eigenvalue weighted by molar-refractivity contribution is -0.204. The number of hydrogen-bond acceptors (Lipinski definition) is 3. The molecule has 0 aromatic carbocycles. The van der Waals surface area contributed by atoms with Crippen molar-refractivity contribution in [3.63, 3.8) is 0 Å². The highest BCUT2D eigenvalue weighted by molar-refractivity contribution is 5.36. The normalized spacial score (nSPS) is 46.8. The Hall–Kier alpha value is -0.570. The molecule has 4 aliphatic carbocycles. The highest BCUT2D eigenvalue weighted by Gasteiger charge is 2.51. The first kappa shape index (κ1) is 9.64. The van der Waals surface area contributed by atoms with Gasteiger partial charge in [-0.3, -0.25) is 4.79 Å². The van der Waals surface area contributed by atoms with Crippen molar-refractivity contribution >= 4 is 6.47 Å². The molecule has 3 heteroatoms. The van der Waals surface area contributed by atoms with E-state index in [-0.39, 0.29) is 12.4 Å². The summed E-state index contributed by atoms with van der Waals surface area (Å²) in [6.07, 6.45) is 7.83. The van der Waals surface area contributed by atoms with Gasteiger partial charge in [0, 0.05) is 0 Å². The van der Waals surface area contributed by atoms with Crippen molar-refractivity contribution in [2.75, 3.05) is 6.79 Å². The molecule has 0 aromatic rings. The van der Waals surface area contributed by atoms with Crippen LogP contribution in [-0.2, 0) is 14.3 Å². The van der Waals surface area contributed by atoms with Gasteiger partial charge in [-0.1, -0.05) is 0 Å². The predicted octanol–water partition coefficient (Wildman–Crippen LogP) is 2.10. The molecule has 0 aromatic heterocycles. The van der Waals surface area contributed by atoms with Crippen molar-refractivity contribution < 1.29 is 14.3 Å². The van der Waals surface area contributed by atoms with Crippen LogP contribution in [0.3, 0.4) is 0 Å². The fourth-order valence-corrected chi connectivity index (χ4v) is 4.39. The van der Waals surface area contributed by atoms with Gasteiger partial charge in [-0.05, 0) is 56.3 Å². The van der Waals surface area contributed by atoms with E-state index in [0.29, 0.717) is 6.47 Å². The van der Waals surface area contributed by atoms with Crippen molar-refractivity contribution in [2.24, 2.45) is 17.8 Å². The van der Waals surface area contributed by atoms with Crippen molar-refractivity contribution in [1.82, 2.24) is 0 Å². The molecule has 3 nitrogen and oxygen atoms in total. The number of rotatable bonds is 4. The molecule has 0 heterocycles. The van der Waals surface area contributed by atoms with Gasteiger partial charge in [-0.25, -0.2) is 0 Å². The molecule has 4 bridgehead atoms. The Labute approximate surface area is 90.1 Å². The minimum Gasteiger partial charge on any atom is -0.441 e. The highest BCUT2D eigenvalue weighted by Crippen LogP contribution is 2.56. The van der Waals surface area contributed by atoms with Crippen molar-refractivity contribution in [2.45, 2.75) is 44.1 Å². The number of carbonyl (C=O) groups is 1. The van der Waals surface area contributed by atoms with E-state index in [1.807, 2.05) is 0 Å². The maximum atomic E-state index is 10.1. The number of ether oxygens (including phenoxy) is 2. The average Bonchev–Trinajstić information content (AvgIpc) is 2.15. The second kappa shape index (κ2) is 3.48. The topological polar surface area (TPSA) is 35.5 Å². The van der Waals surface area contributed by atoms with Crippen LogP contribution >= 0.6 is 0 Å². The Bertz CT molecular complexity index is 226. The van der Waals surface area contributed by atoms with Gasteiger partial charge in [0.1, 0.15) is 0 Å². The van der Waals surface area contributed by atoms with E-state index < -0.39 is 0 Å². The smallest absolute Gasteiger partial charge is 0.295 e. The largest absolute Gasteiger partial charge is 0.441 e. The summed E-state index contributed by atoms with van der Waals surface area (Å²) in [5.74, 6) is 2.65. The molecule has 4 saturated carbocycles. The molecule has 4 fully saturated rings. The zero-order valence-corrected chi connectivity index (χ0v) is 8.98. The summed E-state index contributed by atoms with van der Waals surface area (Å²) in [5, 5.41) is 0. The minimum absolute atomic E-state index is 0.0672. The van der Waals surface area contributed by atoms with E-state index in [1.165, 1.54) is 38.5 Å². The van der Waals surface area contributed by atoms with Crippen LogP contribution < -0.4 is 0 Å². The molecule has 0 aliphatic heterocycles. The molecule has 15 heavy (non-hydrogen) atoms. The molecule has 0 atom stereocenters. The Kier molecular flexibility index (Phi) is 2.23. The van der Waals surface area contributed by atoms with Crippen LogP contribution in [0.2, 0.25) is 0 Å². The predicted molar refractivity (Wildman–Crippen MR) is 54.0 cm³/mol. The third-order valence-corrected chi connectivity index (χ3v) is 4.48. The van der Waals surface area contributed by atoms with Crippen LogP contribution in [-0.4, -0.2) is 18.9 Å². The molecule has 0 unspecified atom stereocenters. The summed E-state index contributed by atoms with van der Waals surface area (Å²) in [4.78, 5) is 10.1. The standard InChI is InChI=1S/C12H18O3/c13-7-14-8-15-12-4-9-1-10(5-12)3-11(2-9)6-12/h7,9-11H,1-6,8H2. The summed E-state index contributed by atoms with van der Waals surface area (Å²) < 4.78 is 10.5. The van der Waals surface area contributed by atoms with Crippen LogP contribution in [0.1, 0.15) is 38.5 Å². The van der Waals surface area contributed by atoms with E-state index in [1.54, 1.807) is 0 Å². The van der Waals surface area contributed by atoms with E-state index >= 15 is 0 Å². The first-order chi connectivity index (χ1) is 7.30. The summed E-state index contributed by atoms with van der Waals surface area (Å²) in [6, 6.07) is 0. The Morgan fingerprint density at radius 3 is 2.07 bits per heavy atom. The molecule has 0 spiro atoms. The molecule has 84 valence electrons. The summed E-state index contributed by atoms with van der Waals surface area (Å²) in [5.41, 5.74) is 0.0672. The summed E-state index contributed by atoms with van der Waals surface area (Å²) >= 11 is 0. The van der Waals surface area contributed by atoms with Crippen LogP contribution in [0.5, 0.6) is 0 Å². The first-order valence-electron chi connectivity index (χ1n) is 5.99. The monoisotopic (exact) mass is 210 g/mol. The van der Waals surface area contributed by atoms with Gasteiger partial charge in [-0.15, -0.1) is 0 Å². The molecular formula is C12H18O3. The molecule has 0 saturated heterocycles. The second-order valence-corrected chi connectivity index (χ2v) is 5.63. The Morgan fingerprint density at radius 1 is 1.07 bits per heavy atom. The Morgan fingerprint density at radius 2 is 1.60 bits per heavy atom. The first-order valence-corrected chi connectivity index (χ1v) is 5.99. The fourth-order valence-electron chi connectivity index (χ4n) is 4.39. The van der Waals surface area contributed by atoms with Gasteiger partial charge in [0.05, 0.1) is 5.60 Å². The van der Waals surface area contributed by atoms with Gasteiger partial charge in [-0.2, -0.15) is 0 Å². The van der Waals surface area contributed by atoms with Gasteiger partial charge >= 0.3 is 0 Å². The summed E-state index contributed by atoms with van der Waals surface area (Å²) in [7, 11) is 0.